The fourth-order valence-corrected chi connectivity index (χ4v) is 6.49. The van der Waals surface area contributed by atoms with E-state index in [0.717, 1.165) is 31.6 Å². The van der Waals surface area contributed by atoms with Crippen LogP contribution in [0.25, 0.3) is 20.9 Å². The molecule has 0 unspecified atom stereocenters. The van der Waals surface area contributed by atoms with Crippen LogP contribution in [0, 0.1) is 11.3 Å². The third-order valence-electron chi connectivity index (χ3n) is 7.80. The number of benzene rings is 2. The first-order chi connectivity index (χ1) is 19.8. The van der Waals surface area contributed by atoms with Crippen LogP contribution in [0.5, 0.6) is 0 Å². The topological polar surface area (TPSA) is 60.7 Å². The first-order valence-corrected chi connectivity index (χ1v) is 15.7. The van der Waals surface area contributed by atoms with Crippen molar-refractivity contribution in [2.75, 3.05) is 18.4 Å². The summed E-state index contributed by atoms with van der Waals surface area (Å²) >= 11 is 1.79. The third-order valence-corrected chi connectivity index (χ3v) is 8.99. The number of pyridine rings is 1. The highest BCUT2D eigenvalue weighted by Crippen LogP contribution is 2.34. The third kappa shape index (κ3) is 7.81. The number of hydrogen-bond donors (Lipinski definition) is 2. The van der Waals surface area contributed by atoms with Crippen molar-refractivity contribution in [1.82, 2.24) is 10.3 Å². The number of aromatic nitrogens is 1. The fourth-order valence-electron chi connectivity index (χ4n) is 5.47. The molecule has 0 spiro atoms. The zero-order chi connectivity index (χ0) is 27.4. The first kappa shape index (κ1) is 28.1. The number of nitriles is 1. The molecular formula is C35H40N4S. The Morgan fingerprint density at radius 2 is 1.38 bits per heavy atom. The van der Waals surface area contributed by atoms with Gasteiger partial charge in [0, 0.05) is 40.4 Å². The summed E-state index contributed by atoms with van der Waals surface area (Å²) in [4.78, 5) is 7.07. The lowest BCUT2D eigenvalue weighted by Gasteiger charge is -2.19. The van der Waals surface area contributed by atoms with Gasteiger partial charge in [-0.05, 0) is 97.7 Å². The quantitative estimate of drug-likeness (QED) is 0.155. The highest BCUT2D eigenvalue weighted by atomic mass is 32.1. The SMILES string of the molecule is N#Cc1ccc(-c2ccc(-c3ccc(CNCCCCCCCCNc4ccnc5c4CCCC5)cc3)s2)cc1. The van der Waals surface area contributed by atoms with E-state index in [-0.39, 0.29) is 0 Å². The van der Waals surface area contributed by atoms with Crippen LogP contribution in [0.2, 0.25) is 0 Å². The Hall–Kier alpha value is -3.46. The minimum absolute atomic E-state index is 0.698. The summed E-state index contributed by atoms with van der Waals surface area (Å²) in [6, 6.07) is 25.4. The molecule has 2 aromatic heterocycles. The van der Waals surface area contributed by atoms with Gasteiger partial charge >= 0.3 is 0 Å². The van der Waals surface area contributed by atoms with Crippen molar-refractivity contribution in [3.8, 4) is 27.0 Å². The minimum atomic E-state index is 0.698. The molecule has 2 heterocycles. The van der Waals surface area contributed by atoms with Crippen LogP contribution < -0.4 is 10.6 Å². The molecule has 0 radical (unpaired) electrons. The predicted octanol–water partition coefficient (Wildman–Crippen LogP) is 8.77. The monoisotopic (exact) mass is 548 g/mol. The van der Waals surface area contributed by atoms with E-state index in [9.17, 15) is 0 Å². The van der Waals surface area contributed by atoms with E-state index in [0.29, 0.717) is 5.56 Å². The lowest BCUT2D eigenvalue weighted by Crippen LogP contribution is -2.14. The number of nitrogens with zero attached hydrogens (tertiary/aromatic N) is 2. The lowest BCUT2D eigenvalue weighted by atomic mass is 9.95. The van der Waals surface area contributed by atoms with Gasteiger partial charge in [-0.25, -0.2) is 0 Å². The van der Waals surface area contributed by atoms with E-state index in [1.54, 1.807) is 11.3 Å². The minimum Gasteiger partial charge on any atom is -0.385 e. The molecule has 40 heavy (non-hydrogen) atoms. The Morgan fingerprint density at radius 3 is 2.10 bits per heavy atom. The van der Waals surface area contributed by atoms with Gasteiger partial charge in [0.05, 0.1) is 11.6 Å². The molecule has 0 aliphatic heterocycles. The number of hydrogen-bond acceptors (Lipinski definition) is 5. The zero-order valence-corrected chi connectivity index (χ0v) is 24.2. The molecule has 0 fully saturated rings. The molecule has 5 heteroatoms. The fraction of sp³-hybridized carbons (Fsp3) is 0.371. The molecule has 5 rings (SSSR count). The van der Waals surface area contributed by atoms with Gasteiger partial charge in [0.2, 0.25) is 0 Å². The Morgan fingerprint density at radius 1 is 0.725 bits per heavy atom. The Kier molecular flexibility index (Phi) is 10.4. The Balaban J connectivity index is 0.923. The number of unbranched alkanes of at least 4 members (excludes halogenated alkanes) is 5. The summed E-state index contributed by atoms with van der Waals surface area (Å²) in [5, 5.41) is 16.3. The van der Waals surface area contributed by atoms with Gasteiger partial charge in [0.15, 0.2) is 0 Å². The van der Waals surface area contributed by atoms with Crippen molar-refractivity contribution in [2.45, 2.75) is 70.8 Å². The second-order valence-corrected chi connectivity index (χ2v) is 11.8. The largest absolute Gasteiger partial charge is 0.385 e. The van der Waals surface area contributed by atoms with Crippen LogP contribution >= 0.6 is 11.3 Å². The molecular weight excluding hydrogens is 508 g/mol. The van der Waals surface area contributed by atoms with Crippen molar-refractivity contribution in [3.63, 3.8) is 0 Å². The molecule has 2 aromatic carbocycles. The molecule has 0 amide bonds. The maximum atomic E-state index is 9.01. The van der Waals surface area contributed by atoms with Crippen molar-refractivity contribution < 1.29 is 0 Å². The highest BCUT2D eigenvalue weighted by Gasteiger charge is 2.13. The van der Waals surface area contributed by atoms with Gasteiger partial charge in [-0.3, -0.25) is 4.98 Å². The van der Waals surface area contributed by atoms with E-state index in [1.807, 2.05) is 30.5 Å². The molecule has 206 valence electrons. The molecule has 2 N–H and O–H groups in total. The molecule has 4 nitrogen and oxygen atoms in total. The number of thiophene rings is 1. The summed E-state index contributed by atoms with van der Waals surface area (Å²) in [6.45, 7) is 3.07. The molecule has 1 aliphatic rings. The van der Waals surface area contributed by atoms with Crippen molar-refractivity contribution in [2.24, 2.45) is 0 Å². The lowest BCUT2D eigenvalue weighted by molar-refractivity contribution is 0.569. The summed E-state index contributed by atoms with van der Waals surface area (Å²) in [5.74, 6) is 0. The number of nitrogens with one attached hydrogen (secondary N) is 2. The zero-order valence-electron chi connectivity index (χ0n) is 23.4. The normalized spacial score (nSPS) is 12.6. The van der Waals surface area contributed by atoms with Crippen LogP contribution in [-0.4, -0.2) is 18.1 Å². The van der Waals surface area contributed by atoms with E-state index >= 15 is 0 Å². The van der Waals surface area contributed by atoms with Crippen LogP contribution in [0.1, 0.15) is 73.8 Å². The number of fused-ring (bicyclic) bond motifs is 1. The van der Waals surface area contributed by atoms with Crippen LogP contribution in [0.4, 0.5) is 5.69 Å². The average Bonchev–Trinajstić information content (AvgIpc) is 3.51. The summed E-state index contributed by atoms with van der Waals surface area (Å²) < 4.78 is 0. The molecule has 4 aromatic rings. The van der Waals surface area contributed by atoms with Crippen molar-refractivity contribution in [3.05, 3.63) is 95.3 Å². The number of rotatable bonds is 14. The molecule has 1 aliphatic carbocycles. The van der Waals surface area contributed by atoms with Gasteiger partial charge in [-0.1, -0.05) is 62.1 Å². The second-order valence-electron chi connectivity index (χ2n) is 10.8. The molecule has 0 bridgehead atoms. The van der Waals surface area contributed by atoms with E-state index < -0.39 is 0 Å². The van der Waals surface area contributed by atoms with Gasteiger partial charge in [-0.15, -0.1) is 11.3 Å². The average molecular weight is 549 g/mol. The highest BCUT2D eigenvalue weighted by molar-refractivity contribution is 7.18. The van der Waals surface area contributed by atoms with Crippen molar-refractivity contribution >= 4 is 17.0 Å². The predicted molar refractivity (Wildman–Crippen MR) is 169 cm³/mol. The second kappa shape index (κ2) is 14.8. The van der Waals surface area contributed by atoms with E-state index in [4.69, 9.17) is 5.26 Å². The maximum Gasteiger partial charge on any atom is 0.0991 e. The van der Waals surface area contributed by atoms with Gasteiger partial charge in [-0.2, -0.15) is 5.26 Å². The number of anilines is 1. The standard InChI is InChI=1S/C35H40N4S/c36-25-27-11-15-29(16-12-27)34-19-20-35(40-34)30-17-13-28(14-18-30)26-37-22-7-3-1-2-4-8-23-38-33-21-24-39-32-10-6-5-9-31(32)33/h11-21,24,37H,1-10,22-23,26H2,(H,38,39). The Labute approximate surface area is 243 Å². The van der Waals surface area contributed by atoms with E-state index in [1.165, 1.54) is 95.6 Å². The van der Waals surface area contributed by atoms with Gasteiger partial charge in [0.25, 0.3) is 0 Å². The smallest absolute Gasteiger partial charge is 0.0991 e. The van der Waals surface area contributed by atoms with Gasteiger partial charge in [0.1, 0.15) is 0 Å². The van der Waals surface area contributed by atoms with E-state index in [2.05, 4.69) is 64.2 Å². The van der Waals surface area contributed by atoms with Crippen LogP contribution in [0.3, 0.4) is 0 Å². The molecule has 0 saturated heterocycles. The van der Waals surface area contributed by atoms with Crippen LogP contribution in [-0.2, 0) is 19.4 Å². The van der Waals surface area contributed by atoms with Gasteiger partial charge < -0.3 is 10.6 Å². The van der Waals surface area contributed by atoms with Crippen molar-refractivity contribution in [1.29, 1.82) is 5.26 Å². The molecule has 0 saturated carbocycles. The summed E-state index contributed by atoms with van der Waals surface area (Å²) in [5.41, 5.74) is 8.55. The molecule has 0 atom stereocenters. The Bertz CT molecular complexity index is 1380. The first-order valence-electron chi connectivity index (χ1n) is 14.9. The summed E-state index contributed by atoms with van der Waals surface area (Å²) in [7, 11) is 0. The number of aryl methyl sites for hydroxylation is 1. The summed E-state index contributed by atoms with van der Waals surface area (Å²) in [6.07, 6.45) is 14.6. The maximum absolute atomic E-state index is 9.01. The van der Waals surface area contributed by atoms with Crippen LogP contribution in [0.15, 0.2) is 72.9 Å².